The molecule has 0 aliphatic rings. The second-order valence-electron chi connectivity index (χ2n) is 1.59. The molecule has 0 N–H and O–H groups in total. The largest absolute Gasteiger partial charge is 0.290 e. The predicted octanol–water partition coefficient (Wildman–Crippen LogP) is 0.0807. The summed E-state index contributed by atoms with van der Waals surface area (Å²) < 4.78 is 32.9. The molecule has 0 saturated heterocycles. The van der Waals surface area contributed by atoms with E-state index in [2.05, 4.69) is 10.2 Å². The summed E-state index contributed by atoms with van der Waals surface area (Å²) in [5.41, 5.74) is 0. The highest BCUT2D eigenvalue weighted by Crippen LogP contribution is 2.12. The van der Waals surface area contributed by atoms with Crippen LogP contribution in [0.1, 0.15) is 0 Å². The van der Waals surface area contributed by atoms with Crippen molar-refractivity contribution in [1.29, 1.82) is 0 Å². The normalized spacial score (nSPS) is 11.8. The summed E-state index contributed by atoms with van der Waals surface area (Å²) in [6, 6.07) is 0. The zero-order chi connectivity index (χ0) is 7.78. The lowest BCUT2D eigenvalue weighted by Crippen LogP contribution is -1.95. The van der Waals surface area contributed by atoms with E-state index in [0.29, 0.717) is 11.3 Å². The molecule has 0 fully saturated rings. The van der Waals surface area contributed by atoms with Crippen LogP contribution in [0.2, 0.25) is 0 Å². The Bertz CT molecular complexity index is 330. The Morgan fingerprint density at radius 2 is 2.10 bits per heavy atom. The van der Waals surface area contributed by atoms with Gasteiger partial charge in [-0.3, -0.25) is 0 Å². The third-order valence-corrected chi connectivity index (χ3v) is 3.08. The molecule has 10 heavy (non-hydrogen) atoms. The summed E-state index contributed by atoms with van der Waals surface area (Å²) in [4.78, 5) is 0. The molecule has 0 atom stereocenters. The van der Waals surface area contributed by atoms with E-state index in [0.717, 1.165) is 6.26 Å². The van der Waals surface area contributed by atoms with Crippen LogP contribution in [-0.2, 0) is 9.84 Å². The van der Waals surface area contributed by atoms with Crippen molar-refractivity contribution in [2.45, 2.75) is 4.34 Å². The lowest BCUT2D eigenvalue weighted by molar-refractivity contribution is 0.591. The minimum absolute atomic E-state index is 0.287. The van der Waals surface area contributed by atoms with E-state index in [-0.39, 0.29) is 4.34 Å². The molecule has 4 nitrogen and oxygen atoms in total. The van der Waals surface area contributed by atoms with E-state index in [9.17, 15) is 12.8 Å². The van der Waals surface area contributed by atoms with Crippen molar-refractivity contribution in [3.05, 3.63) is 5.26 Å². The molecular weight excluding hydrogens is 179 g/mol. The number of nitrogens with zero attached hydrogens (tertiary/aromatic N) is 2. The molecule has 0 saturated carbocycles. The minimum atomic E-state index is -3.38. The van der Waals surface area contributed by atoms with Crippen molar-refractivity contribution in [2.24, 2.45) is 0 Å². The van der Waals surface area contributed by atoms with E-state index in [1.807, 2.05) is 0 Å². The Labute approximate surface area is 60.6 Å². The molecule has 7 heteroatoms. The van der Waals surface area contributed by atoms with Gasteiger partial charge in [0.15, 0.2) is 0 Å². The van der Waals surface area contributed by atoms with E-state index in [1.165, 1.54) is 0 Å². The number of sulfone groups is 1. The maximum Gasteiger partial charge on any atom is 0.290 e. The molecule has 0 radical (unpaired) electrons. The Balaban J connectivity index is 3.21. The van der Waals surface area contributed by atoms with Crippen LogP contribution in [0.3, 0.4) is 0 Å². The van der Waals surface area contributed by atoms with Gasteiger partial charge in [0.25, 0.3) is 5.26 Å². The highest BCUT2D eigenvalue weighted by molar-refractivity contribution is 7.92. The number of hydrogen-bond acceptors (Lipinski definition) is 5. The van der Waals surface area contributed by atoms with Crippen molar-refractivity contribution in [1.82, 2.24) is 10.2 Å². The summed E-state index contributed by atoms with van der Waals surface area (Å²) in [6.07, 6.45) is 0.951. The summed E-state index contributed by atoms with van der Waals surface area (Å²) in [5, 5.41) is 5.17. The fraction of sp³-hybridized carbons (Fsp3) is 0.333. The minimum Gasteiger partial charge on any atom is -0.221 e. The number of halogens is 1. The van der Waals surface area contributed by atoms with Crippen molar-refractivity contribution < 1.29 is 12.8 Å². The van der Waals surface area contributed by atoms with Gasteiger partial charge in [-0.2, -0.15) is 4.39 Å². The molecule has 0 spiro atoms. The van der Waals surface area contributed by atoms with Gasteiger partial charge >= 0.3 is 0 Å². The molecular formula is C3H3FN2O2S2. The van der Waals surface area contributed by atoms with Crippen molar-refractivity contribution in [2.75, 3.05) is 6.26 Å². The Kier molecular flexibility index (Phi) is 1.69. The van der Waals surface area contributed by atoms with E-state index < -0.39 is 15.1 Å². The van der Waals surface area contributed by atoms with Crippen LogP contribution in [0.25, 0.3) is 0 Å². The molecule has 1 aromatic heterocycles. The highest BCUT2D eigenvalue weighted by atomic mass is 32.2. The fourth-order valence-corrected chi connectivity index (χ4v) is 1.65. The van der Waals surface area contributed by atoms with Crippen LogP contribution in [-0.4, -0.2) is 24.9 Å². The number of hydrogen-bond donors (Lipinski definition) is 0. The molecule has 0 aromatic carbocycles. The van der Waals surface area contributed by atoms with Crippen LogP contribution >= 0.6 is 11.3 Å². The topological polar surface area (TPSA) is 59.9 Å². The molecule has 1 heterocycles. The Morgan fingerprint density at radius 3 is 2.30 bits per heavy atom. The molecule has 1 aromatic rings. The van der Waals surface area contributed by atoms with Crippen molar-refractivity contribution in [3.63, 3.8) is 0 Å². The van der Waals surface area contributed by atoms with Gasteiger partial charge in [0, 0.05) is 6.26 Å². The van der Waals surface area contributed by atoms with Crippen molar-refractivity contribution >= 4 is 21.2 Å². The van der Waals surface area contributed by atoms with Crippen LogP contribution in [0.15, 0.2) is 4.34 Å². The van der Waals surface area contributed by atoms with E-state index in [1.54, 1.807) is 0 Å². The van der Waals surface area contributed by atoms with Crippen LogP contribution in [0, 0.1) is 5.26 Å². The quantitative estimate of drug-likeness (QED) is 0.617. The first kappa shape index (κ1) is 7.55. The summed E-state index contributed by atoms with van der Waals surface area (Å²) in [7, 11) is -3.38. The van der Waals surface area contributed by atoms with E-state index in [4.69, 9.17) is 0 Å². The van der Waals surface area contributed by atoms with Crippen LogP contribution in [0.4, 0.5) is 4.39 Å². The SMILES string of the molecule is CS(=O)(=O)c1nnc(F)s1. The first-order chi connectivity index (χ1) is 4.50. The average molecular weight is 182 g/mol. The van der Waals surface area contributed by atoms with Crippen LogP contribution < -0.4 is 0 Å². The monoisotopic (exact) mass is 182 g/mol. The highest BCUT2D eigenvalue weighted by Gasteiger charge is 2.13. The van der Waals surface area contributed by atoms with Crippen LogP contribution in [0.5, 0.6) is 0 Å². The maximum absolute atomic E-state index is 12.0. The van der Waals surface area contributed by atoms with Gasteiger partial charge in [0.2, 0.25) is 14.2 Å². The lowest BCUT2D eigenvalue weighted by atomic mass is 11.5. The smallest absolute Gasteiger partial charge is 0.221 e. The van der Waals surface area contributed by atoms with Gasteiger partial charge in [-0.15, -0.1) is 10.2 Å². The number of rotatable bonds is 1. The molecule has 0 bridgehead atoms. The maximum atomic E-state index is 12.0. The molecule has 0 aliphatic heterocycles. The lowest BCUT2D eigenvalue weighted by Gasteiger charge is -1.82. The molecule has 1 rings (SSSR count). The second kappa shape index (κ2) is 2.24. The zero-order valence-corrected chi connectivity index (χ0v) is 6.54. The molecule has 56 valence electrons. The standard InChI is InChI=1S/C3H3FN2O2S2/c1-10(7,8)3-6-5-2(4)9-3/h1H3. The van der Waals surface area contributed by atoms with Crippen molar-refractivity contribution in [3.8, 4) is 0 Å². The summed E-state index contributed by atoms with van der Waals surface area (Å²) in [5.74, 6) is 0. The van der Waals surface area contributed by atoms with Gasteiger partial charge in [-0.25, -0.2) is 8.42 Å². The average Bonchev–Trinajstić information content (AvgIpc) is 2.11. The van der Waals surface area contributed by atoms with Gasteiger partial charge in [0.05, 0.1) is 0 Å². The second-order valence-corrected chi connectivity index (χ2v) is 4.71. The molecule has 0 amide bonds. The number of aromatic nitrogens is 2. The van der Waals surface area contributed by atoms with Gasteiger partial charge in [0.1, 0.15) is 0 Å². The third-order valence-electron chi connectivity index (χ3n) is 0.699. The first-order valence-electron chi connectivity index (χ1n) is 2.19. The van der Waals surface area contributed by atoms with E-state index >= 15 is 0 Å². The molecule has 0 aliphatic carbocycles. The Hall–Kier alpha value is -0.560. The predicted molar refractivity (Wildman–Crippen MR) is 33.0 cm³/mol. The van der Waals surface area contributed by atoms with Gasteiger partial charge < -0.3 is 0 Å². The molecule has 0 unspecified atom stereocenters. The van der Waals surface area contributed by atoms with Gasteiger partial charge in [-0.1, -0.05) is 11.3 Å². The van der Waals surface area contributed by atoms with Gasteiger partial charge in [-0.05, 0) is 0 Å². The summed E-state index contributed by atoms with van der Waals surface area (Å²) >= 11 is 0.418. The Morgan fingerprint density at radius 1 is 1.50 bits per heavy atom. The zero-order valence-electron chi connectivity index (χ0n) is 4.91. The third kappa shape index (κ3) is 1.48. The summed E-state index contributed by atoms with van der Waals surface area (Å²) in [6.45, 7) is 0. The fourth-order valence-electron chi connectivity index (χ4n) is 0.343. The first-order valence-corrected chi connectivity index (χ1v) is 4.90.